The average molecular weight is 316 g/mol. The van der Waals surface area contributed by atoms with Crippen molar-refractivity contribution in [2.45, 2.75) is 11.5 Å². The van der Waals surface area contributed by atoms with Gasteiger partial charge < -0.3 is 11.5 Å². The molecule has 0 saturated carbocycles. The van der Waals surface area contributed by atoms with E-state index in [9.17, 15) is 0 Å². The second-order valence-corrected chi connectivity index (χ2v) is 5.51. The lowest BCUT2D eigenvalue weighted by atomic mass is 10.2. The molecule has 1 aromatic carbocycles. The molecule has 8 heteroatoms. The summed E-state index contributed by atoms with van der Waals surface area (Å²) in [5.41, 5.74) is 12.1. The molecule has 2 rings (SSSR count). The van der Waals surface area contributed by atoms with Gasteiger partial charge >= 0.3 is 0 Å². The van der Waals surface area contributed by atoms with Crippen molar-refractivity contribution in [1.29, 1.82) is 0 Å². The van der Waals surface area contributed by atoms with Crippen LogP contribution in [0, 0.1) is 0 Å². The predicted molar refractivity (Wildman–Crippen MR) is 80.1 cm³/mol. The molecule has 0 aliphatic heterocycles. The van der Waals surface area contributed by atoms with Crippen molar-refractivity contribution < 1.29 is 0 Å². The van der Waals surface area contributed by atoms with E-state index in [1.54, 1.807) is 17.8 Å². The van der Waals surface area contributed by atoms with Crippen LogP contribution in [0.1, 0.15) is 11.4 Å². The van der Waals surface area contributed by atoms with Gasteiger partial charge in [-0.2, -0.15) is 15.0 Å². The van der Waals surface area contributed by atoms with E-state index in [4.69, 9.17) is 34.7 Å². The molecule has 0 aliphatic carbocycles. The van der Waals surface area contributed by atoms with Gasteiger partial charge in [0.1, 0.15) is 5.82 Å². The standard InChI is InChI=1S/C11H11Cl2N5S/c12-7-2-1-6(3-8(7)13)4-19-5-9-16-10(14)18-11(15)17-9/h1-3H,4-5H2,(H4,14,15,16,17,18). The molecule has 0 bridgehead atoms. The molecule has 4 N–H and O–H groups in total. The number of hydrogen-bond acceptors (Lipinski definition) is 6. The van der Waals surface area contributed by atoms with Crippen molar-refractivity contribution in [3.63, 3.8) is 0 Å². The molecule has 0 spiro atoms. The van der Waals surface area contributed by atoms with Crippen LogP contribution in [0.3, 0.4) is 0 Å². The molecule has 0 amide bonds. The van der Waals surface area contributed by atoms with Gasteiger partial charge in [0.05, 0.1) is 15.8 Å². The molecule has 19 heavy (non-hydrogen) atoms. The maximum absolute atomic E-state index is 5.94. The molecule has 2 aromatic rings. The van der Waals surface area contributed by atoms with E-state index in [0.717, 1.165) is 11.3 Å². The van der Waals surface area contributed by atoms with Crippen molar-refractivity contribution in [3.05, 3.63) is 39.6 Å². The van der Waals surface area contributed by atoms with Crippen LogP contribution in [0.5, 0.6) is 0 Å². The summed E-state index contributed by atoms with van der Waals surface area (Å²) in [6.45, 7) is 0. The first-order valence-corrected chi connectivity index (χ1v) is 7.23. The quantitative estimate of drug-likeness (QED) is 0.901. The monoisotopic (exact) mass is 315 g/mol. The highest BCUT2D eigenvalue weighted by Crippen LogP contribution is 2.25. The highest BCUT2D eigenvalue weighted by molar-refractivity contribution is 7.97. The Hall–Kier alpha value is -1.24. The Morgan fingerprint density at radius 3 is 2.26 bits per heavy atom. The third-order valence-electron chi connectivity index (χ3n) is 2.20. The van der Waals surface area contributed by atoms with Crippen LogP contribution in [-0.2, 0) is 11.5 Å². The van der Waals surface area contributed by atoms with Crippen molar-refractivity contribution in [2.24, 2.45) is 0 Å². The summed E-state index contributed by atoms with van der Waals surface area (Å²) in [5.74, 6) is 2.20. The highest BCUT2D eigenvalue weighted by Gasteiger charge is 2.04. The topological polar surface area (TPSA) is 90.7 Å². The molecule has 0 saturated heterocycles. The first-order valence-electron chi connectivity index (χ1n) is 5.32. The summed E-state index contributed by atoms with van der Waals surface area (Å²) in [4.78, 5) is 11.7. The maximum atomic E-state index is 5.94. The Morgan fingerprint density at radius 1 is 0.947 bits per heavy atom. The first-order chi connectivity index (χ1) is 9.04. The van der Waals surface area contributed by atoms with E-state index in [-0.39, 0.29) is 11.9 Å². The molecular formula is C11H11Cl2N5S. The molecule has 0 radical (unpaired) electrons. The van der Waals surface area contributed by atoms with Crippen molar-refractivity contribution in [3.8, 4) is 0 Å². The van der Waals surface area contributed by atoms with Crippen LogP contribution in [0.25, 0.3) is 0 Å². The lowest BCUT2D eigenvalue weighted by molar-refractivity contribution is 0.987. The van der Waals surface area contributed by atoms with Gasteiger partial charge in [-0.1, -0.05) is 29.3 Å². The molecule has 5 nitrogen and oxygen atoms in total. The van der Waals surface area contributed by atoms with E-state index in [2.05, 4.69) is 15.0 Å². The van der Waals surface area contributed by atoms with Gasteiger partial charge in [0, 0.05) is 5.75 Å². The largest absolute Gasteiger partial charge is 0.368 e. The van der Waals surface area contributed by atoms with Crippen LogP contribution in [0.2, 0.25) is 10.0 Å². The van der Waals surface area contributed by atoms with Gasteiger partial charge in [-0.25, -0.2) is 0 Å². The van der Waals surface area contributed by atoms with Gasteiger partial charge in [-0.15, -0.1) is 11.8 Å². The zero-order valence-electron chi connectivity index (χ0n) is 9.81. The van der Waals surface area contributed by atoms with Gasteiger partial charge in [-0.05, 0) is 17.7 Å². The van der Waals surface area contributed by atoms with Gasteiger partial charge in [0.2, 0.25) is 11.9 Å². The summed E-state index contributed by atoms with van der Waals surface area (Å²) in [7, 11) is 0. The van der Waals surface area contributed by atoms with Crippen LogP contribution in [0.15, 0.2) is 18.2 Å². The third kappa shape index (κ3) is 4.12. The van der Waals surface area contributed by atoms with Gasteiger partial charge in [0.15, 0.2) is 0 Å². The minimum Gasteiger partial charge on any atom is -0.368 e. The number of rotatable bonds is 4. The van der Waals surface area contributed by atoms with E-state index in [1.165, 1.54) is 0 Å². The number of nitrogens with zero attached hydrogens (tertiary/aromatic N) is 3. The third-order valence-corrected chi connectivity index (χ3v) is 3.94. The molecule has 0 aliphatic rings. The number of nitrogens with two attached hydrogens (primary N) is 2. The van der Waals surface area contributed by atoms with Crippen molar-refractivity contribution in [2.75, 3.05) is 11.5 Å². The lowest BCUT2D eigenvalue weighted by Gasteiger charge is -2.04. The number of aromatic nitrogens is 3. The van der Waals surface area contributed by atoms with E-state index in [0.29, 0.717) is 21.6 Å². The predicted octanol–water partition coefficient (Wildman–Crippen LogP) is 2.78. The number of halogens is 2. The Balaban J connectivity index is 1.94. The molecule has 0 atom stereocenters. The minimum absolute atomic E-state index is 0.137. The Labute approximate surface area is 124 Å². The van der Waals surface area contributed by atoms with E-state index >= 15 is 0 Å². The van der Waals surface area contributed by atoms with Crippen molar-refractivity contribution in [1.82, 2.24) is 15.0 Å². The van der Waals surface area contributed by atoms with Crippen LogP contribution in [-0.4, -0.2) is 15.0 Å². The smallest absolute Gasteiger partial charge is 0.225 e. The molecular weight excluding hydrogens is 305 g/mol. The number of anilines is 2. The average Bonchev–Trinajstić information content (AvgIpc) is 2.32. The fraction of sp³-hybridized carbons (Fsp3) is 0.182. The highest BCUT2D eigenvalue weighted by atomic mass is 35.5. The normalized spacial score (nSPS) is 10.6. The summed E-state index contributed by atoms with van der Waals surface area (Å²) in [6, 6.07) is 5.54. The zero-order valence-corrected chi connectivity index (χ0v) is 12.1. The number of thioether (sulfide) groups is 1. The van der Waals surface area contributed by atoms with Crippen LogP contribution in [0.4, 0.5) is 11.9 Å². The lowest BCUT2D eigenvalue weighted by Crippen LogP contribution is -2.06. The van der Waals surface area contributed by atoms with E-state index in [1.807, 2.05) is 12.1 Å². The van der Waals surface area contributed by atoms with Crippen LogP contribution >= 0.6 is 35.0 Å². The Kier molecular flexibility index (Phi) is 4.68. The molecule has 1 aromatic heterocycles. The minimum atomic E-state index is 0.137. The molecule has 0 unspecified atom stereocenters. The SMILES string of the molecule is Nc1nc(N)nc(CSCc2ccc(Cl)c(Cl)c2)n1. The number of benzene rings is 1. The van der Waals surface area contributed by atoms with Crippen LogP contribution < -0.4 is 11.5 Å². The molecule has 1 heterocycles. The fourth-order valence-corrected chi connectivity index (χ4v) is 2.56. The summed E-state index contributed by atoms with van der Waals surface area (Å²) < 4.78 is 0. The second-order valence-electron chi connectivity index (χ2n) is 3.71. The van der Waals surface area contributed by atoms with Crippen molar-refractivity contribution >= 4 is 46.9 Å². The van der Waals surface area contributed by atoms with E-state index < -0.39 is 0 Å². The molecule has 100 valence electrons. The zero-order chi connectivity index (χ0) is 13.8. The number of hydrogen-bond donors (Lipinski definition) is 2. The Morgan fingerprint density at radius 2 is 1.63 bits per heavy atom. The molecule has 0 fully saturated rings. The van der Waals surface area contributed by atoms with Gasteiger partial charge in [-0.3, -0.25) is 0 Å². The maximum Gasteiger partial charge on any atom is 0.225 e. The summed E-state index contributed by atoms with van der Waals surface area (Å²) >= 11 is 13.4. The Bertz CT molecular complexity index is 573. The van der Waals surface area contributed by atoms with Gasteiger partial charge in [0.25, 0.3) is 0 Å². The fourth-order valence-electron chi connectivity index (χ4n) is 1.41. The summed E-state index contributed by atoms with van der Waals surface area (Å²) in [5, 5.41) is 1.10. The summed E-state index contributed by atoms with van der Waals surface area (Å²) in [6.07, 6.45) is 0. The second kappa shape index (κ2) is 6.27. The number of nitrogen functional groups attached to an aromatic ring is 2. The first kappa shape index (κ1) is 14.2.